The molecule has 1 N–H and O–H groups in total. The lowest BCUT2D eigenvalue weighted by atomic mass is 10.2. The Morgan fingerprint density at radius 3 is 3.00 bits per heavy atom. The molecule has 2 heterocycles. The molecule has 1 atom stereocenters. The van der Waals surface area contributed by atoms with Crippen LogP contribution in [0.2, 0.25) is 0 Å². The van der Waals surface area contributed by atoms with Gasteiger partial charge in [0.2, 0.25) is 5.91 Å². The highest BCUT2D eigenvalue weighted by Crippen LogP contribution is 2.06. The fourth-order valence-electron chi connectivity index (χ4n) is 1.81. The molecule has 1 aliphatic heterocycles. The quantitative estimate of drug-likeness (QED) is 0.874. The van der Waals surface area contributed by atoms with Crippen LogP contribution in [0.5, 0.6) is 0 Å². The number of carbonyl (C=O) groups excluding carboxylic acids is 1. The number of ether oxygens (including phenoxy) is 1. The predicted molar refractivity (Wildman–Crippen MR) is 68.0 cm³/mol. The minimum Gasteiger partial charge on any atom is -0.378 e. The van der Waals surface area contributed by atoms with E-state index in [0.29, 0.717) is 26.3 Å². The van der Waals surface area contributed by atoms with Crippen LogP contribution in [0.1, 0.15) is 12.5 Å². The van der Waals surface area contributed by atoms with Gasteiger partial charge in [0.25, 0.3) is 0 Å². The average Bonchev–Trinajstić information content (AvgIpc) is 2.89. The second-order valence-corrected chi connectivity index (χ2v) is 4.95. The summed E-state index contributed by atoms with van der Waals surface area (Å²) in [7, 11) is 0. The topological polar surface area (TPSA) is 41.6 Å². The monoisotopic (exact) mass is 254 g/mol. The Kier molecular flexibility index (Phi) is 4.53. The van der Waals surface area contributed by atoms with Crippen molar-refractivity contribution in [2.24, 2.45) is 0 Å². The zero-order valence-corrected chi connectivity index (χ0v) is 10.8. The van der Waals surface area contributed by atoms with Gasteiger partial charge in [-0.2, -0.15) is 11.3 Å². The van der Waals surface area contributed by atoms with E-state index in [4.69, 9.17) is 4.74 Å². The number of nitrogens with zero attached hydrogens (tertiary/aromatic N) is 1. The van der Waals surface area contributed by atoms with Crippen molar-refractivity contribution in [2.75, 3.05) is 26.3 Å². The highest BCUT2D eigenvalue weighted by molar-refractivity contribution is 7.07. The first-order chi connectivity index (χ1) is 8.27. The third-order valence-corrected chi connectivity index (χ3v) is 3.62. The average molecular weight is 254 g/mol. The van der Waals surface area contributed by atoms with Crippen molar-refractivity contribution in [3.63, 3.8) is 0 Å². The fraction of sp³-hybridized carbons (Fsp3) is 0.583. The maximum absolute atomic E-state index is 12.1. The lowest BCUT2D eigenvalue weighted by Gasteiger charge is -2.29. The van der Waals surface area contributed by atoms with Crippen LogP contribution in [-0.2, 0) is 16.1 Å². The molecule has 1 unspecified atom stereocenters. The Balaban J connectivity index is 1.78. The van der Waals surface area contributed by atoms with Gasteiger partial charge in [0.05, 0.1) is 19.3 Å². The molecule has 94 valence electrons. The standard InChI is InChI=1S/C12H18N2O2S/c1-10(13-8-11-2-7-17-9-11)12(15)14-3-5-16-6-4-14/h2,7,9-10,13H,3-6,8H2,1H3. The third kappa shape index (κ3) is 3.52. The van der Waals surface area contributed by atoms with Gasteiger partial charge in [-0.05, 0) is 29.3 Å². The summed E-state index contributed by atoms with van der Waals surface area (Å²) in [5.41, 5.74) is 1.23. The van der Waals surface area contributed by atoms with Crippen LogP contribution < -0.4 is 5.32 Å². The van der Waals surface area contributed by atoms with E-state index in [2.05, 4.69) is 16.8 Å². The lowest BCUT2D eigenvalue weighted by Crippen LogP contribution is -2.49. The van der Waals surface area contributed by atoms with Gasteiger partial charge in [-0.25, -0.2) is 0 Å². The van der Waals surface area contributed by atoms with E-state index in [1.165, 1.54) is 5.56 Å². The number of hydrogen-bond donors (Lipinski definition) is 1. The first-order valence-electron chi connectivity index (χ1n) is 5.88. The molecule has 2 rings (SSSR count). The van der Waals surface area contributed by atoms with Crippen molar-refractivity contribution < 1.29 is 9.53 Å². The maximum atomic E-state index is 12.1. The van der Waals surface area contributed by atoms with E-state index in [-0.39, 0.29) is 11.9 Å². The number of hydrogen-bond acceptors (Lipinski definition) is 4. The van der Waals surface area contributed by atoms with E-state index < -0.39 is 0 Å². The van der Waals surface area contributed by atoms with Crippen LogP contribution in [0, 0.1) is 0 Å². The summed E-state index contributed by atoms with van der Waals surface area (Å²) in [5.74, 6) is 0.170. The Morgan fingerprint density at radius 1 is 1.59 bits per heavy atom. The first kappa shape index (κ1) is 12.5. The third-order valence-electron chi connectivity index (χ3n) is 2.89. The molecular formula is C12H18N2O2S. The lowest BCUT2D eigenvalue weighted by molar-refractivity contribution is -0.137. The van der Waals surface area contributed by atoms with Crippen LogP contribution >= 0.6 is 11.3 Å². The van der Waals surface area contributed by atoms with Gasteiger partial charge in [0.1, 0.15) is 0 Å². The van der Waals surface area contributed by atoms with Gasteiger partial charge < -0.3 is 15.0 Å². The van der Waals surface area contributed by atoms with E-state index in [1.807, 2.05) is 17.2 Å². The molecule has 0 bridgehead atoms. The zero-order valence-electron chi connectivity index (χ0n) is 10.0. The minimum atomic E-state index is -0.131. The van der Waals surface area contributed by atoms with Crippen LogP contribution in [0.15, 0.2) is 16.8 Å². The first-order valence-corrected chi connectivity index (χ1v) is 6.82. The molecule has 0 radical (unpaired) electrons. The molecular weight excluding hydrogens is 236 g/mol. The largest absolute Gasteiger partial charge is 0.378 e. The van der Waals surface area contributed by atoms with Gasteiger partial charge in [0.15, 0.2) is 0 Å². The molecule has 0 saturated carbocycles. The van der Waals surface area contributed by atoms with E-state index >= 15 is 0 Å². The zero-order chi connectivity index (χ0) is 12.1. The van der Waals surface area contributed by atoms with Crippen molar-refractivity contribution >= 4 is 17.2 Å². The van der Waals surface area contributed by atoms with Crippen LogP contribution in [0.4, 0.5) is 0 Å². The van der Waals surface area contributed by atoms with Crippen molar-refractivity contribution in [2.45, 2.75) is 19.5 Å². The Bertz CT molecular complexity index is 347. The smallest absolute Gasteiger partial charge is 0.239 e. The second-order valence-electron chi connectivity index (χ2n) is 4.17. The van der Waals surface area contributed by atoms with Gasteiger partial charge in [-0.15, -0.1) is 0 Å². The van der Waals surface area contributed by atoms with Crippen molar-refractivity contribution in [1.29, 1.82) is 0 Å². The Morgan fingerprint density at radius 2 is 2.35 bits per heavy atom. The summed E-state index contributed by atoms with van der Waals surface area (Å²) in [4.78, 5) is 13.9. The van der Waals surface area contributed by atoms with Gasteiger partial charge in [-0.3, -0.25) is 4.79 Å². The summed E-state index contributed by atoms with van der Waals surface area (Å²) in [6, 6.07) is 1.94. The molecule has 5 heteroatoms. The molecule has 1 aromatic heterocycles. The van der Waals surface area contributed by atoms with Crippen LogP contribution in [0.25, 0.3) is 0 Å². The summed E-state index contributed by atoms with van der Waals surface area (Å²) in [6.45, 7) is 5.41. The number of rotatable bonds is 4. The Labute approximate surface area is 106 Å². The van der Waals surface area contributed by atoms with Crippen molar-refractivity contribution in [3.05, 3.63) is 22.4 Å². The summed E-state index contributed by atoms with van der Waals surface area (Å²) in [5, 5.41) is 7.40. The molecule has 1 saturated heterocycles. The highest BCUT2D eigenvalue weighted by Gasteiger charge is 2.21. The number of morpholine rings is 1. The molecule has 1 aliphatic rings. The summed E-state index contributed by atoms with van der Waals surface area (Å²) in [6.07, 6.45) is 0. The van der Waals surface area contributed by atoms with Gasteiger partial charge in [0, 0.05) is 19.6 Å². The highest BCUT2D eigenvalue weighted by atomic mass is 32.1. The van der Waals surface area contributed by atoms with Crippen molar-refractivity contribution in [1.82, 2.24) is 10.2 Å². The molecule has 1 aromatic rings. The molecule has 17 heavy (non-hydrogen) atoms. The molecule has 0 spiro atoms. The Hall–Kier alpha value is -0.910. The maximum Gasteiger partial charge on any atom is 0.239 e. The number of amides is 1. The fourth-order valence-corrected chi connectivity index (χ4v) is 2.48. The molecule has 0 aliphatic carbocycles. The van der Waals surface area contributed by atoms with Gasteiger partial charge in [-0.1, -0.05) is 0 Å². The summed E-state index contributed by atoms with van der Waals surface area (Å²) < 4.78 is 5.24. The van der Waals surface area contributed by atoms with Crippen LogP contribution in [-0.4, -0.2) is 43.2 Å². The SMILES string of the molecule is CC(NCc1ccsc1)C(=O)N1CCOCC1. The van der Waals surface area contributed by atoms with E-state index in [9.17, 15) is 4.79 Å². The molecule has 1 fully saturated rings. The van der Waals surface area contributed by atoms with Crippen molar-refractivity contribution in [3.8, 4) is 0 Å². The molecule has 1 amide bonds. The van der Waals surface area contributed by atoms with E-state index in [0.717, 1.165) is 6.54 Å². The number of nitrogens with one attached hydrogen (secondary N) is 1. The minimum absolute atomic E-state index is 0.131. The molecule has 0 aromatic carbocycles. The molecule has 4 nitrogen and oxygen atoms in total. The predicted octanol–water partition coefficient (Wildman–Crippen LogP) is 1.09. The number of carbonyl (C=O) groups is 1. The normalized spacial score (nSPS) is 18.1. The van der Waals surface area contributed by atoms with E-state index in [1.54, 1.807) is 11.3 Å². The van der Waals surface area contributed by atoms with Gasteiger partial charge >= 0.3 is 0 Å². The second kappa shape index (κ2) is 6.14. The van der Waals surface area contributed by atoms with Crippen LogP contribution in [0.3, 0.4) is 0 Å². The number of thiophene rings is 1. The summed E-state index contributed by atoms with van der Waals surface area (Å²) >= 11 is 1.68.